The molecule has 3 rings (SSSR count). The Kier molecular flexibility index (Phi) is 2.90. The standard InChI is InChI=1S/C16H21NO/c1-17-10-9-16(8-3-2-5-14(16)12-17)13-6-4-7-15(18)11-13/h3-4,6-8,11,14,18H,2,5,9-10,12H2,1H3/t14-,16+/m1/s1. The molecule has 0 unspecified atom stereocenters. The fourth-order valence-electron chi connectivity index (χ4n) is 3.64. The molecule has 1 fully saturated rings. The molecule has 0 spiro atoms. The molecule has 1 aliphatic carbocycles. The first kappa shape index (κ1) is 11.8. The third kappa shape index (κ3) is 1.85. The lowest BCUT2D eigenvalue weighted by molar-refractivity contribution is 0.128. The monoisotopic (exact) mass is 243 g/mol. The van der Waals surface area contributed by atoms with Gasteiger partial charge in [0.2, 0.25) is 0 Å². The number of likely N-dealkylation sites (tertiary alicyclic amines) is 1. The first-order valence-electron chi connectivity index (χ1n) is 6.86. The van der Waals surface area contributed by atoms with Crippen molar-refractivity contribution in [1.29, 1.82) is 0 Å². The van der Waals surface area contributed by atoms with Crippen molar-refractivity contribution in [3.05, 3.63) is 42.0 Å². The Labute approximate surface area is 109 Å². The zero-order chi connectivity index (χ0) is 12.6. The van der Waals surface area contributed by atoms with Crippen LogP contribution in [-0.2, 0) is 5.41 Å². The lowest BCUT2D eigenvalue weighted by atomic mass is 9.62. The lowest BCUT2D eigenvalue weighted by Crippen LogP contribution is -2.48. The van der Waals surface area contributed by atoms with E-state index in [2.05, 4.69) is 30.2 Å². The van der Waals surface area contributed by atoms with E-state index in [1.165, 1.54) is 24.9 Å². The van der Waals surface area contributed by atoms with Gasteiger partial charge < -0.3 is 10.0 Å². The molecule has 18 heavy (non-hydrogen) atoms. The molecule has 2 atom stereocenters. The quantitative estimate of drug-likeness (QED) is 0.767. The molecule has 2 aliphatic rings. The predicted octanol–water partition coefficient (Wildman–Crippen LogP) is 2.93. The molecule has 0 saturated carbocycles. The van der Waals surface area contributed by atoms with Crippen LogP contribution >= 0.6 is 0 Å². The molecule has 1 aromatic carbocycles. The molecule has 0 radical (unpaired) electrons. The van der Waals surface area contributed by atoms with Crippen molar-refractivity contribution >= 4 is 0 Å². The van der Waals surface area contributed by atoms with Crippen LogP contribution in [0.2, 0.25) is 0 Å². The third-order valence-corrected chi connectivity index (χ3v) is 4.65. The summed E-state index contributed by atoms with van der Waals surface area (Å²) >= 11 is 0. The lowest BCUT2D eigenvalue weighted by Gasteiger charge is -2.48. The van der Waals surface area contributed by atoms with E-state index >= 15 is 0 Å². The van der Waals surface area contributed by atoms with Crippen molar-refractivity contribution in [3.63, 3.8) is 0 Å². The van der Waals surface area contributed by atoms with Gasteiger partial charge in [0.15, 0.2) is 0 Å². The minimum Gasteiger partial charge on any atom is -0.508 e. The Balaban J connectivity index is 2.04. The molecule has 1 saturated heterocycles. The number of aromatic hydroxyl groups is 1. The Morgan fingerprint density at radius 1 is 1.39 bits per heavy atom. The number of phenols is 1. The highest BCUT2D eigenvalue weighted by atomic mass is 16.3. The highest BCUT2D eigenvalue weighted by Gasteiger charge is 2.42. The molecular formula is C16H21NO. The fraction of sp³-hybridized carbons (Fsp3) is 0.500. The normalized spacial score (nSPS) is 32.2. The number of phenolic OH excluding ortho intramolecular Hbond substituents is 1. The summed E-state index contributed by atoms with van der Waals surface area (Å²) in [5, 5.41) is 9.75. The molecule has 0 aromatic heterocycles. The summed E-state index contributed by atoms with van der Waals surface area (Å²) in [6.45, 7) is 2.30. The van der Waals surface area contributed by atoms with Crippen molar-refractivity contribution < 1.29 is 5.11 Å². The van der Waals surface area contributed by atoms with Crippen molar-refractivity contribution in [1.82, 2.24) is 4.90 Å². The molecule has 2 nitrogen and oxygen atoms in total. The second kappa shape index (κ2) is 4.43. The minimum atomic E-state index is 0.156. The molecule has 96 valence electrons. The Hall–Kier alpha value is -1.28. The number of hydrogen-bond acceptors (Lipinski definition) is 2. The largest absolute Gasteiger partial charge is 0.508 e. The van der Waals surface area contributed by atoms with Crippen LogP contribution in [0.4, 0.5) is 0 Å². The first-order chi connectivity index (χ1) is 8.71. The van der Waals surface area contributed by atoms with Crippen LogP contribution in [0.15, 0.2) is 36.4 Å². The van der Waals surface area contributed by atoms with E-state index in [1.54, 1.807) is 6.07 Å². The summed E-state index contributed by atoms with van der Waals surface area (Å²) in [5.74, 6) is 1.07. The van der Waals surface area contributed by atoms with E-state index in [-0.39, 0.29) is 5.41 Å². The van der Waals surface area contributed by atoms with Crippen LogP contribution < -0.4 is 0 Å². The van der Waals surface area contributed by atoms with Gasteiger partial charge in [0.1, 0.15) is 5.75 Å². The van der Waals surface area contributed by atoms with Crippen LogP contribution in [0, 0.1) is 5.92 Å². The number of rotatable bonds is 1. The average molecular weight is 243 g/mol. The van der Waals surface area contributed by atoms with E-state index in [0.29, 0.717) is 11.7 Å². The SMILES string of the molecule is CN1CC[C@]2(c3cccc(O)c3)C=CCC[C@@H]2C1. The highest BCUT2D eigenvalue weighted by Crippen LogP contribution is 2.46. The summed E-state index contributed by atoms with van der Waals surface area (Å²) in [4.78, 5) is 2.44. The van der Waals surface area contributed by atoms with E-state index in [4.69, 9.17) is 0 Å². The van der Waals surface area contributed by atoms with Crippen LogP contribution in [0.5, 0.6) is 5.75 Å². The maximum absolute atomic E-state index is 9.75. The van der Waals surface area contributed by atoms with Gasteiger partial charge in [0.05, 0.1) is 0 Å². The average Bonchev–Trinajstić information content (AvgIpc) is 2.38. The first-order valence-corrected chi connectivity index (χ1v) is 6.86. The maximum atomic E-state index is 9.75. The highest BCUT2D eigenvalue weighted by molar-refractivity contribution is 5.39. The maximum Gasteiger partial charge on any atom is 0.115 e. The molecule has 1 aromatic rings. The number of allylic oxidation sites excluding steroid dienone is 2. The molecule has 0 amide bonds. The second-order valence-corrected chi connectivity index (χ2v) is 5.78. The van der Waals surface area contributed by atoms with E-state index in [0.717, 1.165) is 13.0 Å². The topological polar surface area (TPSA) is 23.5 Å². The number of hydrogen-bond donors (Lipinski definition) is 1. The Morgan fingerprint density at radius 2 is 2.28 bits per heavy atom. The van der Waals surface area contributed by atoms with E-state index in [9.17, 15) is 5.11 Å². The summed E-state index contributed by atoms with van der Waals surface area (Å²) in [7, 11) is 2.21. The number of piperidine rings is 1. The molecule has 1 aliphatic heterocycles. The smallest absolute Gasteiger partial charge is 0.115 e. The number of fused-ring (bicyclic) bond motifs is 1. The third-order valence-electron chi connectivity index (χ3n) is 4.65. The van der Waals surface area contributed by atoms with Gasteiger partial charge in [0.25, 0.3) is 0 Å². The van der Waals surface area contributed by atoms with Gasteiger partial charge in [0, 0.05) is 12.0 Å². The van der Waals surface area contributed by atoms with Crippen molar-refractivity contribution in [2.75, 3.05) is 20.1 Å². The van der Waals surface area contributed by atoms with E-state index in [1.807, 2.05) is 12.1 Å². The Bertz CT molecular complexity index is 468. The summed E-state index contributed by atoms with van der Waals surface area (Å²) in [5.41, 5.74) is 1.44. The van der Waals surface area contributed by atoms with Crippen LogP contribution in [0.3, 0.4) is 0 Å². The van der Waals surface area contributed by atoms with Crippen molar-refractivity contribution in [2.24, 2.45) is 5.92 Å². The van der Waals surface area contributed by atoms with E-state index < -0.39 is 0 Å². The van der Waals surface area contributed by atoms with Gasteiger partial charge in [-0.25, -0.2) is 0 Å². The van der Waals surface area contributed by atoms with Gasteiger partial charge in [-0.2, -0.15) is 0 Å². The summed E-state index contributed by atoms with van der Waals surface area (Å²) in [6.07, 6.45) is 8.35. The molecule has 2 heteroatoms. The molecular weight excluding hydrogens is 222 g/mol. The minimum absolute atomic E-state index is 0.156. The Morgan fingerprint density at radius 3 is 3.11 bits per heavy atom. The second-order valence-electron chi connectivity index (χ2n) is 5.78. The molecule has 0 bridgehead atoms. The molecule has 1 N–H and O–H groups in total. The van der Waals surface area contributed by atoms with Crippen molar-refractivity contribution in [2.45, 2.75) is 24.7 Å². The predicted molar refractivity (Wildman–Crippen MR) is 73.8 cm³/mol. The zero-order valence-corrected chi connectivity index (χ0v) is 11.0. The van der Waals surface area contributed by atoms with Crippen molar-refractivity contribution in [3.8, 4) is 5.75 Å². The summed E-state index contributed by atoms with van der Waals surface area (Å²) < 4.78 is 0. The van der Waals surface area contributed by atoms with Crippen LogP contribution in [-0.4, -0.2) is 30.1 Å². The van der Waals surface area contributed by atoms with Gasteiger partial charge >= 0.3 is 0 Å². The number of nitrogens with zero attached hydrogens (tertiary/aromatic N) is 1. The van der Waals surface area contributed by atoms with Gasteiger partial charge in [-0.1, -0.05) is 24.3 Å². The fourth-order valence-corrected chi connectivity index (χ4v) is 3.64. The number of benzene rings is 1. The molecule has 1 heterocycles. The summed E-state index contributed by atoms with van der Waals surface area (Å²) in [6, 6.07) is 7.86. The van der Waals surface area contributed by atoms with Crippen LogP contribution in [0.1, 0.15) is 24.8 Å². The zero-order valence-electron chi connectivity index (χ0n) is 11.0. The van der Waals surface area contributed by atoms with Gasteiger partial charge in [-0.05, 0) is 56.5 Å². The van der Waals surface area contributed by atoms with Crippen LogP contribution in [0.25, 0.3) is 0 Å². The van der Waals surface area contributed by atoms with Gasteiger partial charge in [-0.15, -0.1) is 0 Å². The van der Waals surface area contributed by atoms with Gasteiger partial charge in [-0.3, -0.25) is 0 Å².